The second-order valence-corrected chi connectivity index (χ2v) is 5.16. The Kier molecular flexibility index (Phi) is 3.73. The lowest BCUT2D eigenvalue weighted by Crippen LogP contribution is -1.96. The molecule has 2 heterocycles. The molecule has 4 rings (SSSR count). The van der Waals surface area contributed by atoms with Gasteiger partial charge in [-0.25, -0.2) is 15.0 Å². The molecule has 0 radical (unpaired) electrons. The highest BCUT2D eigenvalue weighted by atomic mass is 16.5. The minimum atomic E-state index is 0.666. The molecular weight excluding hydrogens is 300 g/mol. The highest BCUT2D eigenvalue weighted by Gasteiger charge is 2.04. The van der Waals surface area contributed by atoms with Crippen LogP contribution in [0.5, 0.6) is 11.5 Å². The maximum Gasteiger partial charge on any atom is 0.164 e. The third-order valence-corrected chi connectivity index (χ3v) is 3.50. The predicted molar refractivity (Wildman–Crippen MR) is 93.6 cm³/mol. The van der Waals surface area contributed by atoms with Crippen LogP contribution in [0.2, 0.25) is 0 Å². The summed E-state index contributed by atoms with van der Waals surface area (Å²) in [6.07, 6.45) is 3.22. The molecule has 0 aliphatic carbocycles. The standard InChI is InChI=1S/C19H14N4O/c1-2-5-15(6-3-1)24-16-10-8-14(9-11-16)23-19-17-7-4-12-20-18(17)21-13-22-19/h1-13H,(H,20,21,22,23). The Labute approximate surface area is 139 Å². The molecule has 0 unspecified atom stereocenters. The van der Waals surface area contributed by atoms with Crippen molar-refractivity contribution in [3.05, 3.63) is 79.3 Å². The Balaban J connectivity index is 1.55. The van der Waals surface area contributed by atoms with Crippen molar-refractivity contribution in [3.63, 3.8) is 0 Å². The number of benzene rings is 2. The van der Waals surface area contributed by atoms with Crippen LogP contribution in [0.4, 0.5) is 11.5 Å². The van der Waals surface area contributed by atoms with Crippen LogP contribution in [0.25, 0.3) is 11.0 Å². The van der Waals surface area contributed by atoms with E-state index in [4.69, 9.17) is 4.74 Å². The zero-order valence-electron chi connectivity index (χ0n) is 12.8. The van der Waals surface area contributed by atoms with E-state index in [9.17, 15) is 0 Å². The summed E-state index contributed by atoms with van der Waals surface area (Å²) in [5.74, 6) is 2.32. The van der Waals surface area contributed by atoms with E-state index in [1.54, 1.807) is 6.20 Å². The molecule has 5 nitrogen and oxygen atoms in total. The van der Waals surface area contributed by atoms with Crippen molar-refractivity contribution in [2.75, 3.05) is 5.32 Å². The van der Waals surface area contributed by atoms with Crippen molar-refractivity contribution >= 4 is 22.5 Å². The Morgan fingerprint density at radius 1 is 0.708 bits per heavy atom. The number of rotatable bonds is 4. The molecular formula is C19H14N4O. The van der Waals surface area contributed by atoms with Gasteiger partial charge in [-0.15, -0.1) is 0 Å². The molecule has 4 aromatic rings. The quantitative estimate of drug-likeness (QED) is 0.598. The second-order valence-electron chi connectivity index (χ2n) is 5.16. The van der Waals surface area contributed by atoms with Crippen LogP contribution in [0.1, 0.15) is 0 Å². The molecule has 5 heteroatoms. The molecule has 2 aromatic heterocycles. The molecule has 116 valence electrons. The number of ether oxygens (including phenoxy) is 1. The summed E-state index contributed by atoms with van der Waals surface area (Å²) < 4.78 is 5.79. The zero-order chi connectivity index (χ0) is 16.2. The molecule has 0 bridgehead atoms. The summed E-state index contributed by atoms with van der Waals surface area (Å²) in [6, 6.07) is 21.2. The average molecular weight is 314 g/mol. The number of aromatic nitrogens is 3. The normalized spacial score (nSPS) is 10.5. The highest BCUT2D eigenvalue weighted by molar-refractivity contribution is 5.87. The van der Waals surface area contributed by atoms with Crippen LogP contribution in [-0.2, 0) is 0 Å². The lowest BCUT2D eigenvalue weighted by Gasteiger charge is -2.09. The molecule has 0 saturated heterocycles. The van der Waals surface area contributed by atoms with Gasteiger partial charge < -0.3 is 10.1 Å². The third-order valence-electron chi connectivity index (χ3n) is 3.50. The topological polar surface area (TPSA) is 59.9 Å². The number of nitrogens with zero attached hydrogens (tertiary/aromatic N) is 3. The van der Waals surface area contributed by atoms with E-state index in [2.05, 4.69) is 20.3 Å². The SMILES string of the molecule is c1ccc(Oc2ccc(Nc3ncnc4ncccc34)cc2)cc1. The molecule has 1 N–H and O–H groups in total. The van der Waals surface area contributed by atoms with Gasteiger partial charge in [0.2, 0.25) is 0 Å². The minimum Gasteiger partial charge on any atom is -0.457 e. The van der Waals surface area contributed by atoms with Crippen molar-refractivity contribution < 1.29 is 4.74 Å². The maximum atomic E-state index is 5.79. The van der Waals surface area contributed by atoms with Gasteiger partial charge in [0, 0.05) is 11.9 Å². The summed E-state index contributed by atoms with van der Waals surface area (Å²) >= 11 is 0. The van der Waals surface area contributed by atoms with Crippen LogP contribution >= 0.6 is 0 Å². The Bertz CT molecular complexity index is 950. The maximum absolute atomic E-state index is 5.79. The summed E-state index contributed by atoms with van der Waals surface area (Å²) in [7, 11) is 0. The van der Waals surface area contributed by atoms with Crippen LogP contribution in [0.15, 0.2) is 79.3 Å². The number of nitrogens with one attached hydrogen (secondary N) is 1. The Morgan fingerprint density at radius 3 is 2.33 bits per heavy atom. The van der Waals surface area contributed by atoms with E-state index in [0.29, 0.717) is 5.65 Å². The predicted octanol–water partition coefficient (Wildman–Crippen LogP) is 4.56. The first-order valence-corrected chi connectivity index (χ1v) is 7.54. The third kappa shape index (κ3) is 3.01. The van der Waals surface area contributed by atoms with Gasteiger partial charge in [-0.2, -0.15) is 0 Å². The molecule has 0 saturated carbocycles. The van der Waals surface area contributed by atoms with Crippen molar-refractivity contribution in [1.82, 2.24) is 15.0 Å². The number of fused-ring (bicyclic) bond motifs is 1. The van der Waals surface area contributed by atoms with Crippen LogP contribution in [0.3, 0.4) is 0 Å². The number of anilines is 2. The van der Waals surface area contributed by atoms with Crippen LogP contribution in [0, 0.1) is 0 Å². The second kappa shape index (κ2) is 6.34. The smallest absolute Gasteiger partial charge is 0.164 e. The minimum absolute atomic E-state index is 0.666. The molecule has 0 amide bonds. The Morgan fingerprint density at radius 2 is 1.50 bits per heavy atom. The van der Waals surface area contributed by atoms with Crippen molar-refractivity contribution in [2.24, 2.45) is 0 Å². The van der Waals surface area contributed by atoms with Crippen molar-refractivity contribution in [2.45, 2.75) is 0 Å². The van der Waals surface area contributed by atoms with E-state index >= 15 is 0 Å². The largest absolute Gasteiger partial charge is 0.457 e. The fourth-order valence-corrected chi connectivity index (χ4v) is 2.36. The fourth-order valence-electron chi connectivity index (χ4n) is 2.36. The van der Waals surface area contributed by atoms with Crippen molar-refractivity contribution in [1.29, 1.82) is 0 Å². The molecule has 2 aromatic carbocycles. The first-order valence-electron chi connectivity index (χ1n) is 7.54. The molecule has 0 atom stereocenters. The molecule has 0 fully saturated rings. The molecule has 0 aliphatic rings. The number of hydrogen-bond donors (Lipinski definition) is 1. The van der Waals surface area contributed by atoms with E-state index < -0.39 is 0 Å². The highest BCUT2D eigenvalue weighted by Crippen LogP contribution is 2.25. The number of pyridine rings is 1. The van der Waals surface area contributed by atoms with Gasteiger partial charge in [0.15, 0.2) is 5.65 Å². The monoisotopic (exact) mass is 314 g/mol. The van der Waals surface area contributed by atoms with Crippen LogP contribution in [-0.4, -0.2) is 15.0 Å². The van der Waals surface area contributed by atoms with Gasteiger partial charge in [-0.3, -0.25) is 0 Å². The van der Waals surface area contributed by atoms with Gasteiger partial charge in [0.05, 0.1) is 5.39 Å². The first kappa shape index (κ1) is 14.1. The van der Waals surface area contributed by atoms with E-state index in [-0.39, 0.29) is 0 Å². The summed E-state index contributed by atoms with van der Waals surface area (Å²) in [6.45, 7) is 0. The lowest BCUT2D eigenvalue weighted by molar-refractivity contribution is 0.483. The van der Waals surface area contributed by atoms with E-state index in [1.807, 2.05) is 66.7 Å². The van der Waals surface area contributed by atoms with Gasteiger partial charge in [-0.1, -0.05) is 18.2 Å². The average Bonchev–Trinajstić information content (AvgIpc) is 2.65. The fraction of sp³-hybridized carbons (Fsp3) is 0. The Hall–Kier alpha value is -3.47. The van der Waals surface area contributed by atoms with Gasteiger partial charge in [0.1, 0.15) is 23.6 Å². The van der Waals surface area contributed by atoms with Gasteiger partial charge in [-0.05, 0) is 48.5 Å². The van der Waals surface area contributed by atoms with Crippen LogP contribution < -0.4 is 10.1 Å². The first-order chi connectivity index (χ1) is 11.9. The van der Waals surface area contributed by atoms with Crippen molar-refractivity contribution in [3.8, 4) is 11.5 Å². The number of hydrogen-bond acceptors (Lipinski definition) is 5. The van der Waals surface area contributed by atoms with Gasteiger partial charge >= 0.3 is 0 Å². The molecule has 24 heavy (non-hydrogen) atoms. The number of para-hydroxylation sites is 1. The van der Waals surface area contributed by atoms with E-state index in [1.165, 1.54) is 6.33 Å². The summed E-state index contributed by atoms with van der Waals surface area (Å²) in [5.41, 5.74) is 1.58. The van der Waals surface area contributed by atoms with E-state index in [0.717, 1.165) is 28.4 Å². The summed E-state index contributed by atoms with van der Waals surface area (Å²) in [5, 5.41) is 4.17. The van der Waals surface area contributed by atoms with Gasteiger partial charge in [0.25, 0.3) is 0 Å². The molecule has 0 spiro atoms. The zero-order valence-corrected chi connectivity index (χ0v) is 12.8. The molecule has 0 aliphatic heterocycles. The summed E-state index contributed by atoms with van der Waals surface area (Å²) in [4.78, 5) is 12.7. The lowest BCUT2D eigenvalue weighted by atomic mass is 10.2.